The molecule has 0 aliphatic rings. The highest BCUT2D eigenvalue weighted by molar-refractivity contribution is 7.99. The molecule has 1 heterocycles. The molecule has 2 aromatic carbocycles. The van der Waals surface area contributed by atoms with Gasteiger partial charge < -0.3 is 5.32 Å². The van der Waals surface area contributed by atoms with E-state index in [1.54, 1.807) is 0 Å². The number of thioether (sulfide) groups is 1. The van der Waals surface area contributed by atoms with Gasteiger partial charge in [0.2, 0.25) is 5.91 Å². The number of urea groups is 1. The van der Waals surface area contributed by atoms with E-state index in [4.69, 9.17) is 0 Å². The van der Waals surface area contributed by atoms with Crippen LogP contribution in [0.15, 0.2) is 59.8 Å². The van der Waals surface area contributed by atoms with Crippen molar-refractivity contribution in [2.75, 3.05) is 12.3 Å². The van der Waals surface area contributed by atoms with E-state index < -0.39 is 6.03 Å². The second-order valence-corrected chi connectivity index (χ2v) is 7.73. The van der Waals surface area contributed by atoms with Crippen LogP contribution in [0.5, 0.6) is 0 Å². The molecule has 1 aromatic heterocycles. The fraction of sp³-hybridized carbons (Fsp3) is 0.273. The molecule has 156 valence electrons. The maximum absolute atomic E-state index is 12.2. The van der Waals surface area contributed by atoms with Crippen LogP contribution in [0.1, 0.15) is 25.3 Å². The lowest BCUT2D eigenvalue weighted by Crippen LogP contribution is -2.40. The Hall–Kier alpha value is -3.13. The number of rotatable bonds is 8. The van der Waals surface area contributed by atoms with Gasteiger partial charge >= 0.3 is 6.03 Å². The molecule has 0 aliphatic heterocycles. The normalized spacial score (nSPS) is 10.6. The van der Waals surface area contributed by atoms with E-state index in [1.807, 2.05) is 73.0 Å². The number of imide groups is 1. The van der Waals surface area contributed by atoms with Gasteiger partial charge in [0, 0.05) is 17.8 Å². The van der Waals surface area contributed by atoms with E-state index in [0.717, 1.165) is 29.7 Å². The van der Waals surface area contributed by atoms with Crippen molar-refractivity contribution in [3.05, 3.63) is 60.2 Å². The summed E-state index contributed by atoms with van der Waals surface area (Å²) in [7, 11) is 0. The van der Waals surface area contributed by atoms with Crippen molar-refractivity contribution in [3.63, 3.8) is 0 Å². The summed E-state index contributed by atoms with van der Waals surface area (Å²) >= 11 is 1.24. The van der Waals surface area contributed by atoms with Gasteiger partial charge in [-0.15, -0.1) is 10.2 Å². The number of nitrogens with one attached hydrogen (secondary N) is 2. The van der Waals surface area contributed by atoms with Gasteiger partial charge in [0.1, 0.15) is 0 Å². The quantitative estimate of drug-likeness (QED) is 0.423. The Morgan fingerprint density at radius 3 is 2.47 bits per heavy atom. The number of carbonyl (C=O) groups excluding carboxylic acids is 2. The second kappa shape index (κ2) is 10.6. The minimum Gasteiger partial charge on any atom is -0.338 e. The number of aryl methyl sites for hydroxylation is 1. The number of amides is 3. The van der Waals surface area contributed by atoms with Gasteiger partial charge in [-0.3, -0.25) is 14.7 Å². The fourth-order valence-electron chi connectivity index (χ4n) is 2.78. The monoisotopic (exact) mass is 423 g/mol. The first kappa shape index (κ1) is 21.6. The van der Waals surface area contributed by atoms with E-state index >= 15 is 0 Å². The fourth-order valence-corrected chi connectivity index (χ4v) is 3.53. The van der Waals surface area contributed by atoms with Crippen LogP contribution >= 0.6 is 11.8 Å². The summed E-state index contributed by atoms with van der Waals surface area (Å²) in [5, 5.41) is 14.3. The molecule has 0 atom stereocenters. The SMILES string of the molecule is CCCCNC(=O)NC(=O)CSc1nnc(-c2ccccc2)n1-c1ccc(C)cc1. The Morgan fingerprint density at radius 1 is 1.03 bits per heavy atom. The number of hydrogen-bond acceptors (Lipinski definition) is 5. The Bertz CT molecular complexity index is 987. The second-order valence-electron chi connectivity index (χ2n) is 6.79. The molecule has 3 amide bonds. The predicted molar refractivity (Wildman–Crippen MR) is 119 cm³/mol. The lowest BCUT2D eigenvalue weighted by Gasteiger charge is -2.11. The third-order valence-electron chi connectivity index (χ3n) is 4.36. The lowest BCUT2D eigenvalue weighted by molar-refractivity contribution is -0.117. The van der Waals surface area contributed by atoms with Crippen molar-refractivity contribution in [1.29, 1.82) is 0 Å². The summed E-state index contributed by atoms with van der Waals surface area (Å²) in [6.07, 6.45) is 1.85. The van der Waals surface area contributed by atoms with Gasteiger partial charge in [-0.2, -0.15) is 0 Å². The van der Waals surface area contributed by atoms with Crippen LogP contribution in [0.4, 0.5) is 4.79 Å². The summed E-state index contributed by atoms with van der Waals surface area (Å²) in [5.74, 6) is 0.369. The molecule has 2 N–H and O–H groups in total. The molecule has 3 aromatic rings. The molecule has 0 bridgehead atoms. The Labute approximate surface area is 180 Å². The molecule has 0 unspecified atom stereocenters. The first-order chi connectivity index (χ1) is 14.6. The largest absolute Gasteiger partial charge is 0.338 e. The van der Waals surface area contributed by atoms with Crippen LogP contribution < -0.4 is 10.6 Å². The van der Waals surface area contributed by atoms with Gasteiger partial charge in [-0.1, -0.05) is 73.1 Å². The molecule has 0 aliphatic carbocycles. The van der Waals surface area contributed by atoms with Gasteiger partial charge in [-0.05, 0) is 25.5 Å². The van der Waals surface area contributed by atoms with Crippen LogP contribution in [-0.4, -0.2) is 39.0 Å². The molecular formula is C22H25N5O2S. The average molecular weight is 424 g/mol. The van der Waals surface area contributed by atoms with Gasteiger partial charge in [0.15, 0.2) is 11.0 Å². The molecule has 0 fully saturated rings. The third kappa shape index (κ3) is 5.70. The van der Waals surface area contributed by atoms with Crippen molar-refractivity contribution in [1.82, 2.24) is 25.4 Å². The van der Waals surface area contributed by atoms with Crippen LogP contribution in [0.25, 0.3) is 17.1 Å². The van der Waals surface area contributed by atoms with Crippen LogP contribution in [0, 0.1) is 6.92 Å². The minimum atomic E-state index is -0.473. The number of nitrogens with zero attached hydrogens (tertiary/aromatic N) is 3. The van der Waals surface area contributed by atoms with E-state index in [1.165, 1.54) is 11.8 Å². The first-order valence-corrected chi connectivity index (χ1v) is 10.9. The van der Waals surface area contributed by atoms with Crippen molar-refractivity contribution in [3.8, 4) is 17.1 Å². The zero-order chi connectivity index (χ0) is 21.3. The molecule has 0 saturated carbocycles. The minimum absolute atomic E-state index is 0.0555. The van der Waals surface area contributed by atoms with Crippen LogP contribution in [0.3, 0.4) is 0 Å². The highest BCUT2D eigenvalue weighted by atomic mass is 32.2. The topological polar surface area (TPSA) is 88.9 Å². The standard InChI is InChI=1S/C22H25N5O2S/c1-3-4-14-23-21(29)24-19(28)15-30-22-26-25-20(17-8-6-5-7-9-17)27(22)18-12-10-16(2)11-13-18/h5-13H,3-4,14-15H2,1-2H3,(H2,23,24,28,29). The number of unbranched alkanes of at least 4 members (excludes halogenated alkanes) is 1. The number of benzene rings is 2. The highest BCUT2D eigenvalue weighted by Crippen LogP contribution is 2.28. The highest BCUT2D eigenvalue weighted by Gasteiger charge is 2.17. The molecule has 0 saturated heterocycles. The molecule has 8 heteroatoms. The first-order valence-electron chi connectivity index (χ1n) is 9.87. The third-order valence-corrected chi connectivity index (χ3v) is 5.29. The van der Waals surface area contributed by atoms with E-state index in [2.05, 4.69) is 20.8 Å². The Kier molecular flexibility index (Phi) is 7.62. The van der Waals surface area contributed by atoms with Crippen molar-refractivity contribution in [2.45, 2.75) is 31.8 Å². The van der Waals surface area contributed by atoms with Crippen LogP contribution in [-0.2, 0) is 4.79 Å². The van der Waals surface area contributed by atoms with Crippen molar-refractivity contribution < 1.29 is 9.59 Å². The van der Waals surface area contributed by atoms with Gasteiger partial charge in [-0.25, -0.2) is 4.79 Å². The number of carbonyl (C=O) groups is 2. The van der Waals surface area contributed by atoms with Gasteiger partial charge in [0.25, 0.3) is 0 Å². The summed E-state index contributed by atoms with van der Waals surface area (Å²) < 4.78 is 1.92. The number of hydrogen-bond donors (Lipinski definition) is 2. The zero-order valence-corrected chi connectivity index (χ0v) is 17.9. The molecule has 3 rings (SSSR count). The zero-order valence-electron chi connectivity index (χ0n) is 17.1. The van der Waals surface area contributed by atoms with E-state index in [-0.39, 0.29) is 11.7 Å². The lowest BCUT2D eigenvalue weighted by atomic mass is 10.2. The van der Waals surface area contributed by atoms with E-state index in [0.29, 0.717) is 17.5 Å². The van der Waals surface area contributed by atoms with Crippen molar-refractivity contribution >= 4 is 23.7 Å². The summed E-state index contributed by atoms with van der Waals surface area (Å²) in [6.45, 7) is 4.61. The molecule has 0 spiro atoms. The van der Waals surface area contributed by atoms with Crippen LogP contribution in [0.2, 0.25) is 0 Å². The molecular weight excluding hydrogens is 398 g/mol. The molecule has 7 nitrogen and oxygen atoms in total. The maximum Gasteiger partial charge on any atom is 0.321 e. The van der Waals surface area contributed by atoms with E-state index in [9.17, 15) is 9.59 Å². The maximum atomic E-state index is 12.2. The predicted octanol–water partition coefficient (Wildman–Crippen LogP) is 3.96. The summed E-state index contributed by atoms with van der Waals surface area (Å²) in [6, 6.07) is 17.3. The molecule has 0 radical (unpaired) electrons. The average Bonchev–Trinajstić information content (AvgIpc) is 3.17. The Balaban J connectivity index is 1.76. The summed E-state index contributed by atoms with van der Waals surface area (Å²) in [5.41, 5.74) is 2.98. The van der Waals surface area contributed by atoms with Gasteiger partial charge in [0.05, 0.1) is 5.75 Å². The Morgan fingerprint density at radius 2 is 1.77 bits per heavy atom. The molecule has 30 heavy (non-hydrogen) atoms. The van der Waals surface area contributed by atoms with Crippen molar-refractivity contribution in [2.24, 2.45) is 0 Å². The number of aromatic nitrogens is 3. The summed E-state index contributed by atoms with van der Waals surface area (Å²) in [4.78, 5) is 23.9. The smallest absolute Gasteiger partial charge is 0.321 e.